The normalized spacial score (nSPS) is 10.4. The summed E-state index contributed by atoms with van der Waals surface area (Å²) in [4.78, 5) is 8.72. The number of rotatable bonds is 1. The van der Waals surface area contributed by atoms with E-state index in [-0.39, 0.29) is 20.1 Å². The molecule has 6 rings (SSSR count). The fourth-order valence-electron chi connectivity index (χ4n) is 3.44. The molecule has 0 aliphatic heterocycles. The molecule has 0 unspecified atom stereocenters. The number of fused-ring (bicyclic) bond motifs is 4. The zero-order chi connectivity index (χ0) is 19.5. The van der Waals surface area contributed by atoms with Crippen LogP contribution in [0.1, 0.15) is 0 Å². The minimum Gasteiger partial charge on any atom is -0.347 e. The molecule has 0 aliphatic carbocycles. The molecular formula is C26H17IrN3-2. The molecule has 3 heterocycles. The van der Waals surface area contributed by atoms with Crippen LogP contribution in [0.15, 0.2) is 104 Å². The predicted molar refractivity (Wildman–Crippen MR) is 118 cm³/mol. The maximum Gasteiger partial charge on any atom is 0.0603 e. The van der Waals surface area contributed by atoms with E-state index in [9.17, 15) is 0 Å². The second-order valence-electron chi connectivity index (χ2n) is 6.63. The molecule has 3 aromatic carbocycles. The van der Waals surface area contributed by atoms with Crippen LogP contribution in [0.2, 0.25) is 0 Å². The fraction of sp³-hybridized carbons (Fsp3) is 0. The Hall–Kier alpha value is -3.33. The van der Waals surface area contributed by atoms with E-state index in [2.05, 4.69) is 46.4 Å². The van der Waals surface area contributed by atoms with Crippen molar-refractivity contribution >= 4 is 27.2 Å². The van der Waals surface area contributed by atoms with Gasteiger partial charge in [0.2, 0.25) is 0 Å². The first-order valence-electron chi connectivity index (χ1n) is 9.43. The third-order valence-electron chi connectivity index (χ3n) is 4.83. The van der Waals surface area contributed by atoms with Gasteiger partial charge in [-0.3, -0.25) is 4.98 Å². The third-order valence-corrected chi connectivity index (χ3v) is 4.83. The average Bonchev–Trinajstić information content (AvgIpc) is 3.29. The number of hydrogen-bond donors (Lipinski definition) is 0. The van der Waals surface area contributed by atoms with Crippen molar-refractivity contribution in [2.75, 3.05) is 0 Å². The Kier molecular flexibility index (Phi) is 5.99. The Balaban J connectivity index is 0.000000143. The molecule has 0 spiro atoms. The van der Waals surface area contributed by atoms with Crippen molar-refractivity contribution in [1.82, 2.24) is 14.4 Å². The van der Waals surface area contributed by atoms with Crippen molar-refractivity contribution in [3.05, 3.63) is 116 Å². The maximum absolute atomic E-state index is 4.45. The van der Waals surface area contributed by atoms with E-state index in [1.165, 1.54) is 16.2 Å². The van der Waals surface area contributed by atoms with Gasteiger partial charge < -0.3 is 9.38 Å². The average molecular weight is 564 g/mol. The summed E-state index contributed by atoms with van der Waals surface area (Å²) >= 11 is 0. The van der Waals surface area contributed by atoms with Gasteiger partial charge in [-0.05, 0) is 28.7 Å². The number of aromatic nitrogens is 3. The smallest absolute Gasteiger partial charge is 0.0603 e. The van der Waals surface area contributed by atoms with Gasteiger partial charge in [-0.15, -0.1) is 70.9 Å². The number of nitrogens with zero attached hydrogens (tertiary/aromatic N) is 3. The van der Waals surface area contributed by atoms with Crippen LogP contribution < -0.4 is 0 Å². The molecular weight excluding hydrogens is 547 g/mol. The zero-order valence-corrected chi connectivity index (χ0v) is 18.4. The van der Waals surface area contributed by atoms with Gasteiger partial charge in [0.1, 0.15) is 0 Å². The van der Waals surface area contributed by atoms with E-state index in [4.69, 9.17) is 0 Å². The second-order valence-corrected chi connectivity index (χ2v) is 6.63. The molecule has 1 radical (unpaired) electrons. The molecule has 0 atom stereocenters. The van der Waals surface area contributed by atoms with Crippen molar-refractivity contribution in [3.63, 3.8) is 0 Å². The van der Waals surface area contributed by atoms with Crippen LogP contribution in [0.5, 0.6) is 0 Å². The predicted octanol–water partition coefficient (Wildman–Crippen LogP) is 5.99. The summed E-state index contributed by atoms with van der Waals surface area (Å²) in [5.74, 6) is 0. The molecule has 0 bridgehead atoms. The zero-order valence-electron chi connectivity index (χ0n) is 16.0. The second kappa shape index (κ2) is 9.00. The van der Waals surface area contributed by atoms with Gasteiger partial charge in [-0.1, -0.05) is 30.3 Å². The van der Waals surface area contributed by atoms with Crippen LogP contribution >= 0.6 is 0 Å². The monoisotopic (exact) mass is 564 g/mol. The molecule has 147 valence electrons. The number of imidazole rings is 1. The molecule has 0 N–H and O–H groups in total. The van der Waals surface area contributed by atoms with Crippen LogP contribution in [0.4, 0.5) is 0 Å². The summed E-state index contributed by atoms with van der Waals surface area (Å²) in [6.07, 6.45) is 7.60. The van der Waals surface area contributed by atoms with Crippen LogP contribution in [-0.2, 0) is 20.1 Å². The number of benzene rings is 3. The first-order valence-corrected chi connectivity index (χ1v) is 9.43. The number of hydrogen-bond acceptors (Lipinski definition) is 2. The van der Waals surface area contributed by atoms with Crippen LogP contribution in [0.3, 0.4) is 0 Å². The van der Waals surface area contributed by atoms with Gasteiger partial charge >= 0.3 is 0 Å². The largest absolute Gasteiger partial charge is 0.347 e. The molecule has 0 aliphatic rings. The Morgan fingerprint density at radius 1 is 0.667 bits per heavy atom. The van der Waals surface area contributed by atoms with E-state index in [0.717, 1.165) is 22.3 Å². The van der Waals surface area contributed by atoms with Crippen molar-refractivity contribution in [2.24, 2.45) is 0 Å². The molecule has 0 amide bonds. The standard InChI is InChI=1S/C15H10N.C11H7N2.Ir/c1-2-7-13(8-3-1)15-14-9-5-4-6-12(14)10-11-16-15;1-2-4-10-9(3-1)5-7-13-8-6-12-11(10)13;/h1-7,9-11H;1-3,5-8H;/q2*-1;. The minimum atomic E-state index is 0. The molecule has 6 aromatic rings. The SMILES string of the molecule is [Ir].[c-]1cccc2ccn3ccnc3c12.[c-]1ccccc1-c1nccc2ccccc12. The minimum absolute atomic E-state index is 0. The van der Waals surface area contributed by atoms with Gasteiger partial charge in [-0.25, -0.2) is 0 Å². The molecule has 0 saturated carbocycles. The number of pyridine rings is 2. The van der Waals surface area contributed by atoms with Crippen molar-refractivity contribution in [3.8, 4) is 11.3 Å². The van der Waals surface area contributed by atoms with E-state index in [0.29, 0.717) is 0 Å². The fourth-order valence-corrected chi connectivity index (χ4v) is 3.44. The van der Waals surface area contributed by atoms with E-state index < -0.39 is 0 Å². The summed E-state index contributed by atoms with van der Waals surface area (Å²) in [6, 6.07) is 32.7. The Morgan fingerprint density at radius 2 is 1.50 bits per heavy atom. The van der Waals surface area contributed by atoms with Gasteiger partial charge in [0, 0.05) is 38.7 Å². The topological polar surface area (TPSA) is 30.2 Å². The van der Waals surface area contributed by atoms with Gasteiger partial charge in [0.25, 0.3) is 0 Å². The summed E-state index contributed by atoms with van der Waals surface area (Å²) in [6.45, 7) is 0. The summed E-state index contributed by atoms with van der Waals surface area (Å²) in [5.41, 5.74) is 3.01. The van der Waals surface area contributed by atoms with E-state index in [1.54, 1.807) is 6.20 Å². The first-order chi connectivity index (χ1) is 14.4. The molecule has 3 aromatic heterocycles. The summed E-state index contributed by atoms with van der Waals surface area (Å²) in [5, 5.41) is 4.65. The van der Waals surface area contributed by atoms with Gasteiger partial charge in [-0.2, -0.15) is 0 Å². The van der Waals surface area contributed by atoms with Gasteiger partial charge in [0.15, 0.2) is 0 Å². The molecule has 0 fully saturated rings. The Morgan fingerprint density at radius 3 is 2.40 bits per heavy atom. The van der Waals surface area contributed by atoms with Crippen molar-refractivity contribution in [1.29, 1.82) is 0 Å². The molecule has 30 heavy (non-hydrogen) atoms. The van der Waals surface area contributed by atoms with Crippen molar-refractivity contribution in [2.45, 2.75) is 0 Å². The third kappa shape index (κ3) is 3.88. The van der Waals surface area contributed by atoms with Crippen LogP contribution in [-0.4, -0.2) is 14.4 Å². The summed E-state index contributed by atoms with van der Waals surface area (Å²) in [7, 11) is 0. The Bertz CT molecular complexity index is 1400. The van der Waals surface area contributed by atoms with E-state index in [1.807, 2.05) is 77.6 Å². The van der Waals surface area contributed by atoms with Crippen LogP contribution in [0, 0.1) is 12.1 Å². The van der Waals surface area contributed by atoms with Crippen LogP contribution in [0.25, 0.3) is 38.4 Å². The molecule has 0 saturated heterocycles. The molecule has 4 heteroatoms. The quantitative estimate of drug-likeness (QED) is 0.230. The summed E-state index contributed by atoms with van der Waals surface area (Å²) < 4.78 is 2.00. The first kappa shape index (κ1) is 20.0. The maximum atomic E-state index is 4.45. The molecule has 3 nitrogen and oxygen atoms in total. The Labute approximate surface area is 188 Å². The van der Waals surface area contributed by atoms with E-state index >= 15 is 0 Å². The van der Waals surface area contributed by atoms with Gasteiger partial charge in [0.05, 0.1) is 5.65 Å². The van der Waals surface area contributed by atoms with Crippen molar-refractivity contribution < 1.29 is 20.1 Å².